The van der Waals surface area contributed by atoms with Crippen LogP contribution in [0.25, 0.3) is 11.0 Å². The van der Waals surface area contributed by atoms with Gasteiger partial charge in [0, 0.05) is 5.39 Å². The van der Waals surface area contributed by atoms with Crippen molar-refractivity contribution >= 4 is 28.9 Å². The largest absolute Gasteiger partial charge is 0.336 e. The predicted octanol–water partition coefficient (Wildman–Crippen LogP) is 1.42. The predicted molar refractivity (Wildman–Crippen MR) is 44.3 cm³/mol. The molecule has 2 rings (SSSR count). The highest BCUT2D eigenvalue weighted by Crippen LogP contribution is 2.14. The molecule has 0 amide bonds. The lowest BCUT2D eigenvalue weighted by molar-refractivity contribution is 0.112. The van der Waals surface area contributed by atoms with Gasteiger partial charge in [-0.2, -0.15) is 0 Å². The van der Waals surface area contributed by atoms with Crippen molar-refractivity contribution in [3.63, 3.8) is 0 Å². The van der Waals surface area contributed by atoms with Crippen LogP contribution in [-0.4, -0.2) is 21.5 Å². The van der Waals surface area contributed by atoms with Crippen molar-refractivity contribution < 1.29 is 4.79 Å². The van der Waals surface area contributed by atoms with E-state index in [1.54, 1.807) is 12.1 Å². The van der Waals surface area contributed by atoms with Crippen molar-refractivity contribution in [1.29, 1.82) is 0 Å². The molecule has 5 heteroatoms. The van der Waals surface area contributed by atoms with Gasteiger partial charge >= 0.3 is 0 Å². The molecule has 2 heterocycles. The minimum Gasteiger partial charge on any atom is -0.336 e. The Bertz CT molecular complexity index is 437. The normalized spacial score (nSPS) is 10.4. The number of hydrogen-bond acceptors (Lipinski definition) is 3. The van der Waals surface area contributed by atoms with Gasteiger partial charge in [0.15, 0.2) is 17.1 Å². The second kappa shape index (κ2) is 2.57. The molecule has 0 saturated carbocycles. The number of H-pyrrole nitrogens is 1. The third kappa shape index (κ3) is 1.06. The van der Waals surface area contributed by atoms with E-state index in [1.807, 2.05) is 0 Å². The highest BCUT2D eigenvalue weighted by atomic mass is 35.5. The van der Waals surface area contributed by atoms with Gasteiger partial charge in [-0.1, -0.05) is 11.6 Å². The first kappa shape index (κ1) is 7.24. The van der Waals surface area contributed by atoms with Crippen molar-refractivity contribution in [2.24, 2.45) is 0 Å². The van der Waals surface area contributed by atoms with Gasteiger partial charge in [-0.25, -0.2) is 0 Å². The molecule has 0 radical (unpaired) electrons. The van der Waals surface area contributed by atoms with Crippen molar-refractivity contribution in [3.8, 4) is 0 Å². The molecular weight excluding hydrogens is 178 g/mol. The first-order valence-corrected chi connectivity index (χ1v) is 3.64. The zero-order chi connectivity index (χ0) is 8.55. The SMILES string of the molecule is O=Cc1cc2cc(Cl)nnc2[nH]1. The Morgan fingerprint density at radius 2 is 2.25 bits per heavy atom. The van der Waals surface area contributed by atoms with Crippen LogP contribution in [0.15, 0.2) is 12.1 Å². The van der Waals surface area contributed by atoms with E-state index in [4.69, 9.17) is 11.6 Å². The zero-order valence-corrected chi connectivity index (χ0v) is 6.67. The van der Waals surface area contributed by atoms with Crippen molar-refractivity contribution in [3.05, 3.63) is 23.0 Å². The summed E-state index contributed by atoms with van der Waals surface area (Å²) in [5.41, 5.74) is 1.04. The fraction of sp³-hybridized carbons (Fsp3) is 0. The minimum absolute atomic E-state index is 0.318. The second-order valence-corrected chi connectivity index (χ2v) is 2.70. The Kier molecular flexibility index (Phi) is 1.55. The van der Waals surface area contributed by atoms with Gasteiger partial charge in [-0.05, 0) is 12.1 Å². The molecule has 0 aliphatic carbocycles. The van der Waals surface area contributed by atoms with Gasteiger partial charge < -0.3 is 4.98 Å². The molecule has 0 saturated heterocycles. The lowest BCUT2D eigenvalue weighted by atomic mass is 10.3. The number of carbonyl (C=O) groups is 1. The Labute approximate surface area is 72.6 Å². The summed E-state index contributed by atoms with van der Waals surface area (Å²) >= 11 is 5.60. The summed E-state index contributed by atoms with van der Waals surface area (Å²) < 4.78 is 0. The first-order valence-electron chi connectivity index (χ1n) is 3.27. The van der Waals surface area contributed by atoms with Crippen LogP contribution in [0.1, 0.15) is 10.5 Å². The third-order valence-electron chi connectivity index (χ3n) is 1.49. The van der Waals surface area contributed by atoms with Crippen LogP contribution in [-0.2, 0) is 0 Å². The molecule has 1 N–H and O–H groups in total. The average Bonchev–Trinajstić information content (AvgIpc) is 2.46. The van der Waals surface area contributed by atoms with E-state index in [9.17, 15) is 4.79 Å². The van der Waals surface area contributed by atoms with Crippen LogP contribution in [0.5, 0.6) is 0 Å². The molecule has 2 aromatic rings. The maximum atomic E-state index is 10.3. The Hall–Kier alpha value is -1.42. The molecule has 0 aliphatic rings. The summed E-state index contributed by atoms with van der Waals surface area (Å²) in [4.78, 5) is 13.1. The van der Waals surface area contributed by atoms with E-state index in [-0.39, 0.29) is 0 Å². The van der Waals surface area contributed by atoms with E-state index >= 15 is 0 Å². The molecule has 60 valence electrons. The van der Waals surface area contributed by atoms with E-state index in [2.05, 4.69) is 15.2 Å². The van der Waals surface area contributed by atoms with E-state index in [0.717, 1.165) is 11.7 Å². The van der Waals surface area contributed by atoms with Crippen LogP contribution < -0.4 is 0 Å². The summed E-state index contributed by atoms with van der Waals surface area (Å²) in [7, 11) is 0. The smallest absolute Gasteiger partial charge is 0.166 e. The zero-order valence-electron chi connectivity index (χ0n) is 5.91. The number of carbonyl (C=O) groups excluding carboxylic acids is 1. The lowest BCUT2D eigenvalue weighted by Crippen LogP contribution is -1.82. The summed E-state index contributed by atoms with van der Waals surface area (Å²) in [6, 6.07) is 3.32. The minimum atomic E-state index is 0.318. The van der Waals surface area contributed by atoms with Gasteiger partial charge in [0.2, 0.25) is 0 Å². The molecule has 12 heavy (non-hydrogen) atoms. The quantitative estimate of drug-likeness (QED) is 0.677. The molecule has 0 bridgehead atoms. The number of rotatable bonds is 1. The number of aromatic amines is 1. The molecule has 0 fully saturated rings. The number of hydrogen-bond donors (Lipinski definition) is 1. The fourth-order valence-electron chi connectivity index (χ4n) is 0.992. The van der Waals surface area contributed by atoms with Crippen molar-refractivity contribution in [1.82, 2.24) is 15.2 Å². The Morgan fingerprint density at radius 3 is 3.00 bits per heavy atom. The lowest BCUT2D eigenvalue weighted by Gasteiger charge is -1.86. The topological polar surface area (TPSA) is 58.6 Å². The molecule has 0 aliphatic heterocycles. The van der Waals surface area contributed by atoms with E-state index < -0.39 is 0 Å². The van der Waals surface area contributed by atoms with Gasteiger partial charge in [0.05, 0.1) is 5.69 Å². The van der Waals surface area contributed by atoms with Gasteiger partial charge in [-0.3, -0.25) is 4.79 Å². The van der Waals surface area contributed by atoms with Crippen LogP contribution in [0.2, 0.25) is 5.15 Å². The van der Waals surface area contributed by atoms with Gasteiger partial charge in [0.1, 0.15) is 0 Å². The maximum absolute atomic E-state index is 10.3. The van der Waals surface area contributed by atoms with E-state index in [1.165, 1.54) is 0 Å². The molecule has 4 nitrogen and oxygen atoms in total. The van der Waals surface area contributed by atoms with Gasteiger partial charge in [-0.15, -0.1) is 10.2 Å². The maximum Gasteiger partial charge on any atom is 0.166 e. The fourth-order valence-corrected chi connectivity index (χ4v) is 1.15. The average molecular weight is 182 g/mol. The second-order valence-electron chi connectivity index (χ2n) is 2.31. The highest BCUT2D eigenvalue weighted by Gasteiger charge is 2.01. The first-order chi connectivity index (χ1) is 5.79. The number of nitrogens with one attached hydrogen (secondary N) is 1. The van der Waals surface area contributed by atoms with Crippen LogP contribution in [0.3, 0.4) is 0 Å². The molecule has 0 unspecified atom stereocenters. The standard InChI is InChI=1S/C7H4ClN3O/c8-6-2-4-1-5(3-12)9-7(4)11-10-6/h1-3H,(H,9,11). The molecular formula is C7H4ClN3O. The van der Waals surface area contributed by atoms with E-state index in [0.29, 0.717) is 16.5 Å². The number of nitrogens with zero attached hydrogens (tertiary/aromatic N) is 2. The monoisotopic (exact) mass is 181 g/mol. The Morgan fingerprint density at radius 1 is 1.42 bits per heavy atom. The number of halogens is 1. The Balaban J connectivity index is 2.75. The number of aldehydes is 1. The van der Waals surface area contributed by atoms with Gasteiger partial charge in [0.25, 0.3) is 0 Å². The highest BCUT2D eigenvalue weighted by molar-refractivity contribution is 6.29. The summed E-state index contributed by atoms with van der Waals surface area (Å²) in [5.74, 6) is 0. The van der Waals surface area contributed by atoms with Crippen molar-refractivity contribution in [2.75, 3.05) is 0 Å². The molecule has 2 aromatic heterocycles. The molecule has 0 spiro atoms. The molecule has 0 atom stereocenters. The van der Waals surface area contributed by atoms with Crippen LogP contribution in [0.4, 0.5) is 0 Å². The van der Waals surface area contributed by atoms with Crippen LogP contribution in [0, 0.1) is 0 Å². The third-order valence-corrected chi connectivity index (χ3v) is 1.68. The summed E-state index contributed by atoms with van der Waals surface area (Å²) in [5, 5.41) is 8.48. The van der Waals surface area contributed by atoms with Crippen LogP contribution >= 0.6 is 11.6 Å². The number of fused-ring (bicyclic) bond motifs is 1. The molecule has 0 aromatic carbocycles. The summed E-state index contributed by atoms with van der Waals surface area (Å²) in [6.45, 7) is 0. The summed E-state index contributed by atoms with van der Waals surface area (Å²) in [6.07, 6.45) is 0.718. The van der Waals surface area contributed by atoms with Crippen molar-refractivity contribution in [2.45, 2.75) is 0 Å². The number of aromatic nitrogens is 3.